The van der Waals surface area contributed by atoms with Crippen molar-refractivity contribution in [3.63, 3.8) is 0 Å². The molecule has 0 aliphatic heterocycles. The van der Waals surface area contributed by atoms with Gasteiger partial charge in [0.25, 0.3) is 0 Å². The van der Waals surface area contributed by atoms with Gasteiger partial charge in [-0.1, -0.05) is 42.1 Å². The summed E-state index contributed by atoms with van der Waals surface area (Å²) < 4.78 is 7.71. The highest BCUT2D eigenvalue weighted by Gasteiger charge is 2.16. The normalized spacial score (nSPS) is 11.1. The number of nitrogens with zero attached hydrogens (tertiary/aromatic N) is 3. The maximum atomic E-state index is 12.3. The summed E-state index contributed by atoms with van der Waals surface area (Å²) in [6, 6.07) is 15.6. The second kappa shape index (κ2) is 7.52. The molecule has 2 aromatic carbocycles. The molecule has 4 aromatic rings. The molecule has 7 heteroatoms. The Morgan fingerprint density at radius 2 is 1.96 bits per heavy atom. The molecule has 0 saturated heterocycles. The lowest BCUT2D eigenvalue weighted by Crippen LogP contribution is -2.15. The first-order valence-corrected chi connectivity index (χ1v) is 9.88. The van der Waals surface area contributed by atoms with E-state index in [-0.39, 0.29) is 11.7 Å². The average Bonchev–Trinajstić information content (AvgIpc) is 3.27. The molecular weight excluding hydrogens is 372 g/mol. The van der Waals surface area contributed by atoms with Crippen LogP contribution in [0.25, 0.3) is 22.6 Å². The van der Waals surface area contributed by atoms with Crippen LogP contribution in [0.2, 0.25) is 0 Å². The number of amides is 1. The highest BCUT2D eigenvalue weighted by molar-refractivity contribution is 7.99. The zero-order valence-corrected chi connectivity index (χ0v) is 16.7. The van der Waals surface area contributed by atoms with E-state index in [1.54, 1.807) is 0 Å². The predicted octanol–water partition coefficient (Wildman–Crippen LogP) is 4.58. The Labute approximate surface area is 167 Å². The van der Waals surface area contributed by atoms with Crippen LogP contribution in [0.5, 0.6) is 0 Å². The fourth-order valence-electron chi connectivity index (χ4n) is 2.95. The van der Waals surface area contributed by atoms with Crippen molar-refractivity contribution in [1.82, 2.24) is 14.8 Å². The molecule has 1 amide bonds. The molecule has 0 radical (unpaired) electrons. The SMILES string of the molecule is Cc1cccc(NC(=O)CSc2nnc(-c3cc4ccccc4o3)n2C)c1C. The Morgan fingerprint density at radius 1 is 1.14 bits per heavy atom. The number of fused-ring (bicyclic) bond motifs is 1. The number of hydrogen-bond donors (Lipinski definition) is 1. The number of benzene rings is 2. The number of furan rings is 1. The van der Waals surface area contributed by atoms with Gasteiger partial charge < -0.3 is 14.3 Å². The molecule has 0 spiro atoms. The van der Waals surface area contributed by atoms with Crippen LogP contribution >= 0.6 is 11.8 Å². The number of aromatic nitrogens is 3. The van der Waals surface area contributed by atoms with E-state index in [1.165, 1.54) is 11.8 Å². The van der Waals surface area contributed by atoms with Gasteiger partial charge in [-0.3, -0.25) is 4.79 Å². The van der Waals surface area contributed by atoms with E-state index >= 15 is 0 Å². The second-order valence-corrected chi connectivity index (χ2v) is 7.54. The molecular formula is C21H20N4O2S. The Hall–Kier alpha value is -3.06. The van der Waals surface area contributed by atoms with E-state index in [0.29, 0.717) is 16.7 Å². The summed E-state index contributed by atoms with van der Waals surface area (Å²) in [6.45, 7) is 4.03. The maximum absolute atomic E-state index is 12.3. The molecule has 4 rings (SSSR count). The number of carbonyl (C=O) groups is 1. The van der Waals surface area contributed by atoms with Gasteiger partial charge in [-0.2, -0.15) is 0 Å². The van der Waals surface area contributed by atoms with Crippen LogP contribution in [0.15, 0.2) is 58.1 Å². The molecule has 6 nitrogen and oxygen atoms in total. The van der Waals surface area contributed by atoms with E-state index in [1.807, 2.05) is 74.0 Å². The van der Waals surface area contributed by atoms with Crippen LogP contribution in [-0.2, 0) is 11.8 Å². The highest BCUT2D eigenvalue weighted by atomic mass is 32.2. The largest absolute Gasteiger partial charge is 0.453 e. The average molecular weight is 392 g/mol. The Morgan fingerprint density at radius 3 is 2.79 bits per heavy atom. The fraction of sp³-hybridized carbons (Fsp3) is 0.190. The molecule has 0 aliphatic rings. The number of carbonyl (C=O) groups excluding carboxylic acids is 1. The maximum Gasteiger partial charge on any atom is 0.234 e. The van der Waals surface area contributed by atoms with Crippen LogP contribution in [0.3, 0.4) is 0 Å². The van der Waals surface area contributed by atoms with Crippen LogP contribution in [-0.4, -0.2) is 26.4 Å². The Balaban J connectivity index is 1.46. The van der Waals surface area contributed by atoms with Crippen molar-refractivity contribution in [2.45, 2.75) is 19.0 Å². The van der Waals surface area contributed by atoms with Crippen molar-refractivity contribution >= 4 is 34.3 Å². The first-order valence-electron chi connectivity index (χ1n) is 8.90. The Bertz CT molecular complexity index is 1130. The summed E-state index contributed by atoms with van der Waals surface area (Å²) in [7, 11) is 1.87. The molecule has 0 unspecified atom stereocenters. The monoisotopic (exact) mass is 392 g/mol. The Kier molecular flexibility index (Phi) is 4.92. The van der Waals surface area contributed by atoms with Crippen LogP contribution in [0, 0.1) is 13.8 Å². The number of rotatable bonds is 5. The zero-order chi connectivity index (χ0) is 19.7. The molecule has 0 bridgehead atoms. The highest BCUT2D eigenvalue weighted by Crippen LogP contribution is 2.28. The summed E-state index contributed by atoms with van der Waals surface area (Å²) in [6.07, 6.45) is 0. The molecule has 0 aliphatic carbocycles. The minimum Gasteiger partial charge on any atom is -0.453 e. The fourth-order valence-corrected chi connectivity index (χ4v) is 3.66. The lowest BCUT2D eigenvalue weighted by atomic mass is 10.1. The quantitative estimate of drug-likeness (QED) is 0.504. The zero-order valence-electron chi connectivity index (χ0n) is 15.9. The molecule has 28 heavy (non-hydrogen) atoms. The van der Waals surface area contributed by atoms with Gasteiger partial charge in [0.05, 0.1) is 5.75 Å². The second-order valence-electron chi connectivity index (χ2n) is 6.60. The van der Waals surface area contributed by atoms with Crippen molar-refractivity contribution in [3.05, 3.63) is 59.7 Å². The van der Waals surface area contributed by atoms with Gasteiger partial charge in [0.1, 0.15) is 5.58 Å². The standard InChI is InChI=1S/C21H20N4O2S/c1-13-7-6-9-16(14(13)2)22-19(26)12-28-21-24-23-20(25(21)3)18-11-15-8-4-5-10-17(15)27-18/h4-11H,12H2,1-3H3,(H,22,26). The number of aryl methyl sites for hydroxylation is 1. The smallest absolute Gasteiger partial charge is 0.234 e. The summed E-state index contributed by atoms with van der Waals surface area (Å²) in [4.78, 5) is 12.3. The number of thioether (sulfide) groups is 1. The number of nitrogens with one attached hydrogen (secondary N) is 1. The summed E-state index contributed by atoms with van der Waals surface area (Å²) >= 11 is 1.34. The van der Waals surface area contributed by atoms with Gasteiger partial charge in [-0.25, -0.2) is 0 Å². The summed E-state index contributed by atoms with van der Waals surface area (Å²) in [5, 5.41) is 13.1. The van der Waals surface area contributed by atoms with Gasteiger partial charge >= 0.3 is 0 Å². The molecule has 1 N–H and O–H groups in total. The third kappa shape index (κ3) is 3.53. The van der Waals surface area contributed by atoms with Crippen molar-refractivity contribution < 1.29 is 9.21 Å². The van der Waals surface area contributed by atoms with E-state index in [2.05, 4.69) is 15.5 Å². The van der Waals surface area contributed by atoms with E-state index in [4.69, 9.17) is 4.42 Å². The van der Waals surface area contributed by atoms with Crippen molar-refractivity contribution in [3.8, 4) is 11.6 Å². The molecule has 0 saturated carbocycles. The van der Waals surface area contributed by atoms with Gasteiger partial charge in [0.15, 0.2) is 16.7 Å². The van der Waals surface area contributed by atoms with E-state index in [0.717, 1.165) is 27.8 Å². The van der Waals surface area contributed by atoms with Gasteiger partial charge in [-0.05, 0) is 43.2 Å². The first kappa shape index (κ1) is 18.3. The topological polar surface area (TPSA) is 73.0 Å². The molecule has 2 aromatic heterocycles. The van der Waals surface area contributed by atoms with Crippen molar-refractivity contribution in [2.75, 3.05) is 11.1 Å². The summed E-state index contributed by atoms with van der Waals surface area (Å²) in [5.74, 6) is 1.46. The lowest BCUT2D eigenvalue weighted by molar-refractivity contribution is -0.113. The van der Waals surface area contributed by atoms with Crippen LogP contribution in [0.4, 0.5) is 5.69 Å². The minimum absolute atomic E-state index is 0.0769. The molecule has 0 atom stereocenters. The molecule has 142 valence electrons. The minimum atomic E-state index is -0.0769. The predicted molar refractivity (Wildman–Crippen MR) is 111 cm³/mol. The summed E-state index contributed by atoms with van der Waals surface area (Å²) in [5.41, 5.74) is 3.87. The van der Waals surface area contributed by atoms with Crippen LogP contribution in [0.1, 0.15) is 11.1 Å². The van der Waals surface area contributed by atoms with E-state index < -0.39 is 0 Å². The van der Waals surface area contributed by atoms with Crippen LogP contribution < -0.4 is 5.32 Å². The van der Waals surface area contributed by atoms with Gasteiger partial charge in [0.2, 0.25) is 5.91 Å². The van der Waals surface area contributed by atoms with Gasteiger partial charge in [0, 0.05) is 18.1 Å². The van der Waals surface area contributed by atoms with Crippen molar-refractivity contribution in [2.24, 2.45) is 7.05 Å². The third-order valence-corrected chi connectivity index (χ3v) is 5.71. The van der Waals surface area contributed by atoms with E-state index in [9.17, 15) is 4.79 Å². The number of para-hydroxylation sites is 1. The molecule has 2 heterocycles. The van der Waals surface area contributed by atoms with Crippen molar-refractivity contribution in [1.29, 1.82) is 0 Å². The lowest BCUT2D eigenvalue weighted by Gasteiger charge is -2.10. The third-order valence-electron chi connectivity index (χ3n) is 4.69. The molecule has 0 fully saturated rings. The number of hydrogen-bond acceptors (Lipinski definition) is 5. The number of anilines is 1. The first-order chi connectivity index (χ1) is 13.5. The van der Waals surface area contributed by atoms with Gasteiger partial charge in [-0.15, -0.1) is 10.2 Å².